The Kier molecular flexibility index (Phi) is 4.34. The van der Waals surface area contributed by atoms with Crippen LogP contribution in [0.2, 0.25) is 0 Å². The van der Waals surface area contributed by atoms with Crippen molar-refractivity contribution in [3.8, 4) is 0 Å². The molecule has 0 saturated carbocycles. The number of allylic oxidation sites excluding steroid dienone is 1. The van der Waals surface area contributed by atoms with Crippen molar-refractivity contribution < 1.29 is 9.13 Å². The molecule has 4 heteroatoms. The number of quaternary nitrogens is 1. The molecule has 0 aliphatic heterocycles. The summed E-state index contributed by atoms with van der Waals surface area (Å²) in [6, 6.07) is 0. The zero-order valence-electron chi connectivity index (χ0n) is 8.18. The molecule has 0 bridgehead atoms. The highest BCUT2D eigenvalue weighted by Crippen LogP contribution is 2.01. The fourth-order valence-electron chi connectivity index (χ4n) is 0.459. The van der Waals surface area contributed by atoms with E-state index in [-0.39, 0.29) is 0 Å². The van der Waals surface area contributed by atoms with Crippen molar-refractivity contribution in [2.45, 2.75) is 13.3 Å². The maximum absolute atomic E-state index is 5.42. The first-order valence-electron chi connectivity index (χ1n) is 4.14. The second-order valence-electron chi connectivity index (χ2n) is 3.42. The summed E-state index contributed by atoms with van der Waals surface area (Å²) in [5.41, 5.74) is 0. The van der Waals surface area contributed by atoms with Gasteiger partial charge < -0.3 is 9.13 Å². The lowest BCUT2D eigenvalue weighted by Crippen LogP contribution is -2.45. The van der Waals surface area contributed by atoms with E-state index in [0.29, 0.717) is 0 Å². The molecule has 2 nitrogen and oxygen atoms in total. The smallest absolute Gasteiger partial charge is 0.336 e. The SMILES string of the molecule is BB[N+](C)(C)COC(=C)CC. The third-order valence-corrected chi connectivity index (χ3v) is 1.87. The molecular formula is C7H18B2NO+. The second kappa shape index (κ2) is 4.50. The van der Waals surface area contributed by atoms with Crippen molar-refractivity contribution >= 4 is 15.0 Å². The van der Waals surface area contributed by atoms with E-state index >= 15 is 0 Å². The zero-order valence-corrected chi connectivity index (χ0v) is 8.18. The van der Waals surface area contributed by atoms with Gasteiger partial charge in [-0.1, -0.05) is 13.5 Å². The van der Waals surface area contributed by atoms with Gasteiger partial charge in [-0.05, 0) is 0 Å². The van der Waals surface area contributed by atoms with Gasteiger partial charge in [-0.25, -0.2) is 0 Å². The Bertz CT molecular complexity index is 136. The van der Waals surface area contributed by atoms with E-state index < -0.39 is 0 Å². The maximum atomic E-state index is 5.42. The molecule has 0 fully saturated rings. The summed E-state index contributed by atoms with van der Waals surface area (Å²) < 4.78 is 6.31. The average molecular weight is 154 g/mol. The lowest BCUT2D eigenvalue weighted by Gasteiger charge is -2.28. The normalized spacial score (nSPS) is 10.8. The van der Waals surface area contributed by atoms with E-state index in [1.165, 1.54) is 0 Å². The van der Waals surface area contributed by atoms with Crippen molar-refractivity contribution in [1.82, 2.24) is 0 Å². The number of hydrogen-bond acceptors (Lipinski definition) is 1. The van der Waals surface area contributed by atoms with Crippen LogP contribution in [0, 0.1) is 0 Å². The van der Waals surface area contributed by atoms with Gasteiger partial charge >= 0.3 is 7.31 Å². The summed E-state index contributed by atoms with van der Waals surface area (Å²) in [4.78, 5) is 0. The van der Waals surface area contributed by atoms with Crippen LogP contribution in [-0.2, 0) is 4.74 Å². The Morgan fingerprint density at radius 1 is 1.64 bits per heavy atom. The topological polar surface area (TPSA) is 9.23 Å². The van der Waals surface area contributed by atoms with E-state index in [9.17, 15) is 0 Å². The molecule has 0 N–H and O–H groups in total. The van der Waals surface area contributed by atoms with Crippen LogP contribution in [0.4, 0.5) is 0 Å². The highest BCUT2D eigenvalue weighted by molar-refractivity contribution is 6.84. The Morgan fingerprint density at radius 2 is 2.18 bits per heavy atom. The summed E-state index contributed by atoms with van der Waals surface area (Å²) in [5, 5.41) is 0. The third-order valence-electron chi connectivity index (χ3n) is 1.87. The molecule has 62 valence electrons. The molecule has 0 amide bonds. The molecule has 0 aliphatic rings. The Morgan fingerprint density at radius 3 is 2.55 bits per heavy atom. The van der Waals surface area contributed by atoms with Crippen LogP contribution in [0.25, 0.3) is 0 Å². The first-order valence-corrected chi connectivity index (χ1v) is 4.14. The van der Waals surface area contributed by atoms with Gasteiger partial charge in [0.05, 0.1) is 19.9 Å². The molecular weight excluding hydrogens is 136 g/mol. The van der Waals surface area contributed by atoms with Crippen LogP contribution in [0.3, 0.4) is 0 Å². The number of rotatable bonds is 5. The quantitative estimate of drug-likeness (QED) is 0.304. The minimum Gasteiger partial charge on any atom is -0.452 e. The predicted octanol–water partition coefficient (Wildman–Crippen LogP) is -0.140. The van der Waals surface area contributed by atoms with Gasteiger partial charge in [-0.3, -0.25) is 0 Å². The number of ether oxygens (including phenoxy) is 1. The van der Waals surface area contributed by atoms with Gasteiger partial charge in [0, 0.05) is 6.42 Å². The first kappa shape index (κ1) is 10.6. The van der Waals surface area contributed by atoms with Gasteiger partial charge in [-0.15, -0.1) is 0 Å². The molecule has 0 radical (unpaired) electrons. The molecule has 0 aliphatic carbocycles. The van der Waals surface area contributed by atoms with Crippen LogP contribution in [0.15, 0.2) is 12.3 Å². The molecule has 0 unspecified atom stereocenters. The van der Waals surface area contributed by atoms with E-state index in [1.54, 1.807) is 0 Å². The lowest BCUT2D eigenvalue weighted by atomic mass is 9.64. The Balaban J connectivity index is 3.61. The fraction of sp³-hybridized carbons (Fsp3) is 0.714. The van der Waals surface area contributed by atoms with E-state index in [1.807, 2.05) is 6.92 Å². The monoisotopic (exact) mass is 154 g/mol. The highest BCUT2D eigenvalue weighted by Gasteiger charge is 2.13. The molecule has 0 aromatic heterocycles. The van der Waals surface area contributed by atoms with Crippen molar-refractivity contribution in [1.29, 1.82) is 0 Å². The fourth-order valence-corrected chi connectivity index (χ4v) is 0.459. The van der Waals surface area contributed by atoms with Gasteiger partial charge in [0.25, 0.3) is 0 Å². The van der Waals surface area contributed by atoms with Gasteiger partial charge in [-0.2, -0.15) is 0 Å². The summed E-state index contributed by atoms with van der Waals surface area (Å²) in [6.07, 6.45) is 0.906. The number of hydrogen-bond donors (Lipinski definition) is 0. The molecule has 0 saturated heterocycles. The molecule has 0 rings (SSSR count). The standard InChI is InChI=1S/C7H18B2NO/c1-5-7(2)11-6-10(3,4)9-8/h9H,2,5-6,8H2,1,3-4H3/q+1. The van der Waals surface area contributed by atoms with Crippen LogP contribution in [0.5, 0.6) is 0 Å². The Labute approximate surface area is 71.5 Å². The molecule has 11 heavy (non-hydrogen) atoms. The zero-order chi connectivity index (χ0) is 8.91. The van der Waals surface area contributed by atoms with Crippen molar-refractivity contribution in [2.75, 3.05) is 20.8 Å². The second-order valence-corrected chi connectivity index (χ2v) is 3.42. The van der Waals surface area contributed by atoms with Crippen molar-refractivity contribution in [3.63, 3.8) is 0 Å². The summed E-state index contributed by atoms with van der Waals surface area (Å²) in [6.45, 7) is 6.55. The molecule has 0 atom stereocenters. The first-order chi connectivity index (χ1) is 5.02. The maximum Gasteiger partial charge on any atom is 0.336 e. The summed E-state index contributed by atoms with van der Waals surface area (Å²) in [5.74, 6) is 0.879. The molecule has 0 heterocycles. The van der Waals surface area contributed by atoms with Crippen LogP contribution < -0.4 is 0 Å². The van der Waals surface area contributed by atoms with Crippen LogP contribution in [-0.4, -0.2) is 40.3 Å². The molecule has 0 aromatic carbocycles. The lowest BCUT2D eigenvalue weighted by molar-refractivity contribution is -0.799. The van der Waals surface area contributed by atoms with Crippen LogP contribution >= 0.6 is 0 Å². The molecule has 0 aromatic rings. The van der Waals surface area contributed by atoms with Gasteiger partial charge in [0.2, 0.25) is 6.73 Å². The average Bonchev–Trinajstić information content (AvgIpc) is 2.00. The predicted molar refractivity (Wildman–Crippen MR) is 53.2 cm³/mol. The van der Waals surface area contributed by atoms with Crippen molar-refractivity contribution in [2.24, 2.45) is 0 Å². The van der Waals surface area contributed by atoms with Gasteiger partial charge in [0.15, 0.2) is 7.74 Å². The van der Waals surface area contributed by atoms with Crippen LogP contribution in [0.1, 0.15) is 13.3 Å². The minimum atomic E-state index is 0.725. The Hall–Kier alpha value is -0.370. The van der Waals surface area contributed by atoms with E-state index in [0.717, 1.165) is 30.6 Å². The molecule has 0 spiro atoms. The minimum absolute atomic E-state index is 0.725. The third kappa shape index (κ3) is 4.96. The largest absolute Gasteiger partial charge is 0.452 e. The van der Waals surface area contributed by atoms with Crippen molar-refractivity contribution in [3.05, 3.63) is 12.3 Å². The summed E-state index contributed by atoms with van der Waals surface area (Å²) >= 11 is 0. The summed E-state index contributed by atoms with van der Waals surface area (Å²) in [7, 11) is 7.51. The number of nitrogens with zero attached hydrogens (tertiary/aromatic N) is 1. The van der Waals surface area contributed by atoms with Gasteiger partial charge in [0.1, 0.15) is 0 Å². The van der Waals surface area contributed by atoms with E-state index in [2.05, 4.69) is 28.4 Å². The van der Waals surface area contributed by atoms with E-state index in [4.69, 9.17) is 4.74 Å². The highest BCUT2D eigenvalue weighted by atomic mass is 16.5.